The third kappa shape index (κ3) is 3.00. The Labute approximate surface area is 121 Å². The van der Waals surface area contributed by atoms with Gasteiger partial charge in [0.2, 0.25) is 0 Å². The van der Waals surface area contributed by atoms with Gasteiger partial charge in [-0.2, -0.15) is 0 Å². The number of allylic oxidation sites excluding steroid dienone is 1. The molecule has 0 radical (unpaired) electrons. The average molecular weight is 289 g/mol. The SMILES string of the molecule is Cc1cc(O)c(C(=O)C=C(O)c2ccccc2)cc1Cl. The summed E-state index contributed by atoms with van der Waals surface area (Å²) in [7, 11) is 0. The van der Waals surface area contributed by atoms with E-state index < -0.39 is 5.78 Å². The molecule has 3 nitrogen and oxygen atoms in total. The van der Waals surface area contributed by atoms with E-state index in [1.165, 1.54) is 12.1 Å². The van der Waals surface area contributed by atoms with E-state index in [0.717, 1.165) is 6.08 Å². The molecule has 2 aromatic carbocycles. The van der Waals surface area contributed by atoms with Gasteiger partial charge >= 0.3 is 0 Å². The summed E-state index contributed by atoms with van der Waals surface area (Å²) in [5.41, 5.74) is 1.26. The molecule has 0 aromatic heterocycles. The number of phenols is 1. The third-order valence-electron chi connectivity index (χ3n) is 2.88. The summed E-state index contributed by atoms with van der Waals surface area (Å²) >= 11 is 5.94. The normalized spacial score (nSPS) is 11.4. The Morgan fingerprint density at radius 2 is 1.85 bits per heavy atom. The van der Waals surface area contributed by atoms with E-state index in [4.69, 9.17) is 11.6 Å². The van der Waals surface area contributed by atoms with Gasteiger partial charge in [0.1, 0.15) is 11.5 Å². The number of benzene rings is 2. The fourth-order valence-electron chi connectivity index (χ4n) is 1.76. The Morgan fingerprint density at radius 1 is 1.20 bits per heavy atom. The van der Waals surface area contributed by atoms with Gasteiger partial charge in [0.25, 0.3) is 0 Å². The van der Waals surface area contributed by atoms with Gasteiger partial charge in [0, 0.05) is 16.7 Å². The third-order valence-corrected chi connectivity index (χ3v) is 3.29. The van der Waals surface area contributed by atoms with Gasteiger partial charge in [0.15, 0.2) is 5.78 Å². The number of halogens is 1. The highest BCUT2D eigenvalue weighted by atomic mass is 35.5. The molecule has 0 fully saturated rings. The van der Waals surface area contributed by atoms with Crippen LogP contribution in [0.3, 0.4) is 0 Å². The summed E-state index contributed by atoms with van der Waals surface area (Å²) < 4.78 is 0. The molecule has 0 aliphatic heterocycles. The lowest BCUT2D eigenvalue weighted by Gasteiger charge is -2.05. The van der Waals surface area contributed by atoms with Crippen molar-refractivity contribution >= 4 is 23.1 Å². The van der Waals surface area contributed by atoms with E-state index in [0.29, 0.717) is 16.1 Å². The van der Waals surface area contributed by atoms with Crippen molar-refractivity contribution in [2.75, 3.05) is 0 Å². The van der Waals surface area contributed by atoms with Gasteiger partial charge in [-0.05, 0) is 24.6 Å². The number of hydrogen-bond donors (Lipinski definition) is 2. The number of aromatic hydroxyl groups is 1. The van der Waals surface area contributed by atoms with Gasteiger partial charge < -0.3 is 10.2 Å². The highest BCUT2D eigenvalue weighted by Gasteiger charge is 2.13. The number of aliphatic hydroxyl groups excluding tert-OH is 1. The van der Waals surface area contributed by atoms with Crippen LogP contribution in [0.15, 0.2) is 48.5 Å². The molecule has 0 saturated heterocycles. The fourth-order valence-corrected chi connectivity index (χ4v) is 1.92. The lowest BCUT2D eigenvalue weighted by molar-refractivity contribution is 0.104. The van der Waals surface area contributed by atoms with Gasteiger partial charge in [-0.25, -0.2) is 0 Å². The fraction of sp³-hybridized carbons (Fsp3) is 0.0625. The molecule has 2 aromatic rings. The molecule has 0 saturated carbocycles. The van der Waals surface area contributed by atoms with E-state index in [1.807, 2.05) is 6.07 Å². The molecule has 2 rings (SSSR count). The topological polar surface area (TPSA) is 57.5 Å². The molecule has 0 heterocycles. The monoisotopic (exact) mass is 288 g/mol. The quantitative estimate of drug-likeness (QED) is 0.507. The second-order valence-electron chi connectivity index (χ2n) is 4.38. The lowest BCUT2D eigenvalue weighted by Crippen LogP contribution is -1.98. The number of ketones is 1. The predicted octanol–water partition coefficient (Wildman–Crippen LogP) is 4.14. The lowest BCUT2D eigenvalue weighted by atomic mass is 10.0. The molecule has 20 heavy (non-hydrogen) atoms. The Kier molecular flexibility index (Phi) is 4.11. The molecule has 0 unspecified atom stereocenters. The Balaban J connectivity index is 2.35. The van der Waals surface area contributed by atoms with Crippen molar-refractivity contribution in [1.82, 2.24) is 0 Å². The molecular weight excluding hydrogens is 276 g/mol. The summed E-state index contributed by atoms with van der Waals surface area (Å²) in [6.45, 7) is 1.73. The second kappa shape index (κ2) is 5.80. The summed E-state index contributed by atoms with van der Waals surface area (Å²) in [6, 6.07) is 11.5. The Bertz CT molecular complexity index is 676. The minimum absolute atomic E-state index is 0.0584. The molecule has 0 atom stereocenters. The van der Waals surface area contributed by atoms with Crippen molar-refractivity contribution in [2.45, 2.75) is 6.92 Å². The molecule has 0 spiro atoms. The highest BCUT2D eigenvalue weighted by molar-refractivity contribution is 6.32. The molecule has 0 bridgehead atoms. The van der Waals surface area contributed by atoms with Crippen molar-refractivity contribution in [3.8, 4) is 5.75 Å². The maximum absolute atomic E-state index is 12.1. The Hall–Kier alpha value is -2.26. The molecule has 102 valence electrons. The van der Waals surface area contributed by atoms with Crippen LogP contribution in [0.4, 0.5) is 0 Å². The summed E-state index contributed by atoms with van der Waals surface area (Å²) in [5.74, 6) is -0.827. The maximum atomic E-state index is 12.1. The zero-order valence-electron chi connectivity index (χ0n) is 10.8. The number of hydrogen-bond acceptors (Lipinski definition) is 3. The van der Waals surface area contributed by atoms with Gasteiger partial charge in [-0.1, -0.05) is 41.9 Å². The zero-order valence-corrected chi connectivity index (χ0v) is 11.6. The van der Waals surface area contributed by atoms with Crippen molar-refractivity contribution in [3.05, 3.63) is 70.3 Å². The molecule has 0 aliphatic carbocycles. The van der Waals surface area contributed by atoms with Crippen LogP contribution in [0, 0.1) is 6.92 Å². The first-order valence-corrected chi connectivity index (χ1v) is 6.36. The Morgan fingerprint density at radius 3 is 2.50 bits per heavy atom. The summed E-state index contributed by atoms with van der Waals surface area (Å²) in [5, 5.41) is 20.1. The highest BCUT2D eigenvalue weighted by Crippen LogP contribution is 2.26. The standard InChI is InChI=1S/C16H13ClO3/c1-10-7-15(19)12(8-13(10)17)16(20)9-14(18)11-5-3-2-4-6-11/h2-9,18-19H,1H3. The van der Waals surface area contributed by atoms with E-state index in [9.17, 15) is 15.0 Å². The zero-order chi connectivity index (χ0) is 14.7. The largest absolute Gasteiger partial charge is 0.507 e. The van der Waals surface area contributed by atoms with Gasteiger partial charge in [-0.15, -0.1) is 0 Å². The molecule has 0 amide bonds. The van der Waals surface area contributed by atoms with E-state index in [-0.39, 0.29) is 17.1 Å². The number of aryl methyl sites for hydroxylation is 1. The smallest absolute Gasteiger partial charge is 0.193 e. The summed E-state index contributed by atoms with van der Waals surface area (Å²) in [4.78, 5) is 12.1. The summed E-state index contributed by atoms with van der Waals surface area (Å²) in [6.07, 6.45) is 1.07. The molecule has 4 heteroatoms. The first-order chi connectivity index (χ1) is 9.49. The molecular formula is C16H13ClO3. The first kappa shape index (κ1) is 14.2. The molecule has 2 N–H and O–H groups in total. The van der Waals surface area contributed by atoms with Crippen LogP contribution in [0.25, 0.3) is 5.76 Å². The van der Waals surface area contributed by atoms with Crippen LogP contribution in [0.2, 0.25) is 5.02 Å². The van der Waals surface area contributed by atoms with Crippen LogP contribution in [-0.2, 0) is 0 Å². The van der Waals surface area contributed by atoms with Crippen LogP contribution in [0.5, 0.6) is 5.75 Å². The van der Waals surface area contributed by atoms with Crippen LogP contribution < -0.4 is 0 Å². The average Bonchev–Trinajstić information content (AvgIpc) is 2.43. The van der Waals surface area contributed by atoms with Gasteiger partial charge in [-0.3, -0.25) is 4.79 Å². The number of carbonyl (C=O) groups excluding carboxylic acids is 1. The van der Waals surface area contributed by atoms with E-state index >= 15 is 0 Å². The van der Waals surface area contributed by atoms with Crippen molar-refractivity contribution in [1.29, 1.82) is 0 Å². The minimum Gasteiger partial charge on any atom is -0.507 e. The predicted molar refractivity (Wildman–Crippen MR) is 79.2 cm³/mol. The number of carbonyl (C=O) groups is 1. The van der Waals surface area contributed by atoms with E-state index in [2.05, 4.69) is 0 Å². The maximum Gasteiger partial charge on any atom is 0.193 e. The van der Waals surface area contributed by atoms with Crippen molar-refractivity contribution in [2.24, 2.45) is 0 Å². The second-order valence-corrected chi connectivity index (χ2v) is 4.79. The number of rotatable bonds is 3. The number of phenolic OH excluding ortho intramolecular Hbond substituents is 1. The minimum atomic E-state index is -0.509. The van der Waals surface area contributed by atoms with Crippen LogP contribution in [-0.4, -0.2) is 16.0 Å². The van der Waals surface area contributed by atoms with Crippen molar-refractivity contribution < 1.29 is 15.0 Å². The van der Waals surface area contributed by atoms with Crippen molar-refractivity contribution in [3.63, 3.8) is 0 Å². The molecule has 0 aliphatic rings. The first-order valence-electron chi connectivity index (χ1n) is 5.98. The van der Waals surface area contributed by atoms with Crippen LogP contribution >= 0.6 is 11.6 Å². The van der Waals surface area contributed by atoms with E-state index in [1.54, 1.807) is 31.2 Å². The van der Waals surface area contributed by atoms with Crippen LogP contribution in [0.1, 0.15) is 21.5 Å². The van der Waals surface area contributed by atoms with Gasteiger partial charge in [0.05, 0.1) is 5.56 Å². The number of aliphatic hydroxyl groups is 1.